The monoisotopic (exact) mass is 494 g/mol. The lowest BCUT2D eigenvalue weighted by molar-refractivity contribution is -0.136. The summed E-state index contributed by atoms with van der Waals surface area (Å²) in [6.07, 6.45) is 3.07. The molecule has 2 aromatic carbocycles. The van der Waals surface area contributed by atoms with Gasteiger partial charge in [-0.3, -0.25) is 19.5 Å². The van der Waals surface area contributed by atoms with E-state index in [1.165, 1.54) is 30.1 Å². The number of pyridine rings is 1. The van der Waals surface area contributed by atoms with Crippen molar-refractivity contribution < 1.29 is 27.9 Å². The van der Waals surface area contributed by atoms with E-state index in [0.29, 0.717) is 11.1 Å². The smallest absolute Gasteiger partial charge is 0.338 e. The molecule has 0 atom stereocenters. The Morgan fingerprint density at radius 3 is 2.40 bits per heavy atom. The van der Waals surface area contributed by atoms with Gasteiger partial charge in [-0.1, -0.05) is 30.3 Å². The van der Waals surface area contributed by atoms with Crippen LogP contribution in [0.3, 0.4) is 0 Å². The number of nitrogens with zero attached hydrogens (tertiary/aromatic N) is 3. The molecule has 35 heavy (non-hydrogen) atoms. The van der Waals surface area contributed by atoms with Gasteiger partial charge in [0.15, 0.2) is 0 Å². The van der Waals surface area contributed by atoms with Crippen molar-refractivity contribution in [1.29, 1.82) is 0 Å². The minimum atomic E-state index is -4.26. The lowest BCUT2D eigenvalue weighted by atomic mass is 10.1. The predicted molar refractivity (Wildman–Crippen MR) is 126 cm³/mol. The van der Waals surface area contributed by atoms with E-state index < -0.39 is 27.9 Å². The first kappa shape index (κ1) is 23.9. The Morgan fingerprint density at radius 1 is 1.03 bits per heavy atom. The number of benzene rings is 2. The average Bonchev–Trinajstić information content (AvgIpc) is 2.85. The first-order valence-electron chi connectivity index (χ1n) is 10.6. The summed E-state index contributed by atoms with van der Waals surface area (Å²) < 4.78 is 27.5. The van der Waals surface area contributed by atoms with Gasteiger partial charge >= 0.3 is 12.0 Å². The number of urea groups is 1. The number of aromatic nitrogens is 1. The van der Waals surface area contributed by atoms with Crippen LogP contribution in [-0.2, 0) is 34.3 Å². The Kier molecular flexibility index (Phi) is 6.52. The molecule has 0 saturated heterocycles. The van der Waals surface area contributed by atoms with Crippen molar-refractivity contribution in [3.63, 3.8) is 0 Å². The third-order valence-corrected chi connectivity index (χ3v) is 7.28. The zero-order chi connectivity index (χ0) is 25.2. The SMILES string of the molecule is CN1C(=O)N(Cc2ccc(CC(=O)O)cc2)S(=O)(=O)c2cc(C(=O)NCc3cccnc3)ccc21. The topological polar surface area (TPSA) is 137 Å². The third kappa shape index (κ3) is 4.99. The van der Waals surface area contributed by atoms with Gasteiger partial charge in [-0.25, -0.2) is 17.5 Å². The second-order valence-electron chi connectivity index (χ2n) is 7.97. The van der Waals surface area contributed by atoms with Gasteiger partial charge in [0.2, 0.25) is 0 Å². The molecule has 0 saturated carbocycles. The number of aliphatic carboxylic acids is 1. The van der Waals surface area contributed by atoms with Crippen LogP contribution in [0.15, 0.2) is 71.9 Å². The van der Waals surface area contributed by atoms with E-state index in [2.05, 4.69) is 10.3 Å². The number of carboxylic acids is 1. The standard InChI is InChI=1S/C24H22N4O6S/c1-27-20-9-8-19(23(31)26-14-18-3-2-10-25-13-18)12-21(20)35(33,34)28(24(27)32)15-17-6-4-16(5-7-17)11-22(29)30/h2-10,12-13H,11,14-15H2,1H3,(H,26,31)(H,29,30). The largest absolute Gasteiger partial charge is 0.481 e. The summed E-state index contributed by atoms with van der Waals surface area (Å²) in [5.41, 5.74) is 2.16. The molecular formula is C24H22N4O6S. The fourth-order valence-corrected chi connectivity index (χ4v) is 5.30. The van der Waals surface area contributed by atoms with Gasteiger partial charge < -0.3 is 10.4 Å². The molecule has 0 aliphatic carbocycles. The minimum Gasteiger partial charge on any atom is -0.481 e. The van der Waals surface area contributed by atoms with Gasteiger partial charge in [0.25, 0.3) is 15.9 Å². The van der Waals surface area contributed by atoms with Crippen molar-refractivity contribution in [3.05, 3.63) is 89.2 Å². The second kappa shape index (κ2) is 9.55. The van der Waals surface area contributed by atoms with Crippen molar-refractivity contribution in [1.82, 2.24) is 14.6 Å². The average molecular weight is 495 g/mol. The van der Waals surface area contributed by atoms with Crippen LogP contribution in [0.4, 0.5) is 10.5 Å². The number of rotatable bonds is 7. The van der Waals surface area contributed by atoms with Gasteiger partial charge in [-0.2, -0.15) is 0 Å². The molecule has 0 bridgehead atoms. The fraction of sp³-hybridized carbons (Fsp3) is 0.167. The molecule has 0 fully saturated rings. The lowest BCUT2D eigenvalue weighted by Crippen LogP contribution is -2.48. The number of carboxylic acid groups (broad SMARTS) is 1. The van der Waals surface area contributed by atoms with E-state index >= 15 is 0 Å². The van der Waals surface area contributed by atoms with E-state index in [0.717, 1.165) is 9.87 Å². The first-order chi connectivity index (χ1) is 16.7. The Labute approximate surface area is 201 Å². The number of anilines is 1. The second-order valence-corrected chi connectivity index (χ2v) is 9.80. The zero-order valence-corrected chi connectivity index (χ0v) is 19.5. The molecule has 10 nitrogen and oxygen atoms in total. The number of hydrogen-bond donors (Lipinski definition) is 2. The van der Waals surface area contributed by atoms with Gasteiger partial charge in [-0.15, -0.1) is 0 Å². The molecule has 2 N–H and O–H groups in total. The molecule has 1 aromatic heterocycles. The van der Waals surface area contributed by atoms with Gasteiger partial charge in [-0.05, 0) is 41.0 Å². The lowest BCUT2D eigenvalue weighted by Gasteiger charge is -2.34. The molecule has 3 aromatic rings. The van der Waals surface area contributed by atoms with Crippen LogP contribution in [0.5, 0.6) is 0 Å². The molecular weight excluding hydrogens is 472 g/mol. The van der Waals surface area contributed by atoms with Crippen molar-refractivity contribution in [3.8, 4) is 0 Å². The van der Waals surface area contributed by atoms with E-state index in [9.17, 15) is 22.8 Å². The maximum Gasteiger partial charge on any atom is 0.338 e. The number of hydrogen-bond acceptors (Lipinski definition) is 6. The van der Waals surface area contributed by atoms with Crippen molar-refractivity contribution in [2.24, 2.45) is 0 Å². The molecule has 1 aliphatic rings. The Balaban J connectivity index is 1.59. The summed E-state index contributed by atoms with van der Waals surface area (Å²) in [4.78, 5) is 41.5. The molecule has 3 amide bonds. The predicted octanol–water partition coefficient (Wildman–Crippen LogP) is 2.40. The molecule has 2 heterocycles. The van der Waals surface area contributed by atoms with Crippen LogP contribution in [0.25, 0.3) is 0 Å². The van der Waals surface area contributed by atoms with Crippen LogP contribution in [0.2, 0.25) is 0 Å². The molecule has 4 rings (SSSR count). The normalized spacial score (nSPS) is 14.4. The van der Waals surface area contributed by atoms with E-state index in [-0.39, 0.29) is 35.7 Å². The molecule has 0 spiro atoms. The molecule has 0 radical (unpaired) electrons. The number of sulfonamides is 1. The van der Waals surface area contributed by atoms with Gasteiger partial charge in [0.1, 0.15) is 4.90 Å². The van der Waals surface area contributed by atoms with Crippen molar-refractivity contribution in [2.75, 3.05) is 11.9 Å². The Hall–Kier alpha value is -4.25. The number of fused-ring (bicyclic) bond motifs is 1. The van der Waals surface area contributed by atoms with Crippen LogP contribution in [0, 0.1) is 0 Å². The fourth-order valence-electron chi connectivity index (χ4n) is 3.67. The van der Waals surface area contributed by atoms with Crippen LogP contribution in [0.1, 0.15) is 27.0 Å². The summed E-state index contributed by atoms with van der Waals surface area (Å²) in [5, 5.41) is 11.6. The van der Waals surface area contributed by atoms with Gasteiger partial charge in [0.05, 0.1) is 18.7 Å². The molecule has 180 valence electrons. The first-order valence-corrected chi connectivity index (χ1v) is 12.0. The third-order valence-electron chi connectivity index (χ3n) is 5.53. The highest BCUT2D eigenvalue weighted by atomic mass is 32.2. The van der Waals surface area contributed by atoms with Crippen molar-refractivity contribution in [2.45, 2.75) is 24.4 Å². The summed E-state index contributed by atoms with van der Waals surface area (Å²) in [7, 11) is -2.80. The van der Waals surface area contributed by atoms with Crippen LogP contribution >= 0.6 is 0 Å². The van der Waals surface area contributed by atoms with E-state index in [4.69, 9.17) is 5.11 Å². The summed E-state index contributed by atoms with van der Waals surface area (Å²) in [6, 6.07) is 13.3. The highest BCUT2D eigenvalue weighted by Gasteiger charge is 2.40. The Morgan fingerprint density at radius 2 is 1.74 bits per heavy atom. The van der Waals surface area contributed by atoms with E-state index in [1.54, 1.807) is 48.8 Å². The maximum atomic E-state index is 13.4. The quantitative estimate of drug-likeness (QED) is 0.515. The number of nitrogens with one attached hydrogen (secondary N) is 1. The maximum absolute atomic E-state index is 13.4. The summed E-state index contributed by atoms with van der Waals surface area (Å²) in [6.45, 7) is -0.0192. The highest BCUT2D eigenvalue weighted by Crippen LogP contribution is 2.35. The highest BCUT2D eigenvalue weighted by molar-refractivity contribution is 7.90. The number of carbonyl (C=O) groups is 3. The van der Waals surface area contributed by atoms with Crippen LogP contribution in [-0.4, -0.2) is 47.8 Å². The number of amides is 3. The summed E-state index contributed by atoms with van der Waals surface area (Å²) in [5.74, 6) is -1.45. The molecule has 0 unspecified atom stereocenters. The van der Waals surface area contributed by atoms with Crippen LogP contribution < -0.4 is 10.2 Å². The molecule has 1 aliphatic heterocycles. The van der Waals surface area contributed by atoms with E-state index in [1.807, 2.05) is 0 Å². The summed E-state index contributed by atoms with van der Waals surface area (Å²) >= 11 is 0. The van der Waals surface area contributed by atoms with Crippen molar-refractivity contribution >= 4 is 33.6 Å². The minimum absolute atomic E-state index is 0.136. The van der Waals surface area contributed by atoms with Gasteiger partial charge in [0, 0.05) is 31.5 Å². The Bertz CT molecular complexity index is 1390. The number of carbonyl (C=O) groups excluding carboxylic acids is 2. The zero-order valence-electron chi connectivity index (χ0n) is 18.7. The molecule has 11 heteroatoms.